The van der Waals surface area contributed by atoms with Gasteiger partial charge in [-0.1, -0.05) is 35.3 Å². The van der Waals surface area contributed by atoms with Crippen LogP contribution in [0, 0.1) is 0 Å². The second-order valence-electron chi connectivity index (χ2n) is 5.00. The molecule has 2 aromatic rings. The third-order valence-electron chi connectivity index (χ3n) is 3.57. The van der Waals surface area contributed by atoms with Crippen molar-refractivity contribution in [2.45, 2.75) is 13.0 Å². The Balaban J connectivity index is 1.69. The topological polar surface area (TPSA) is 72.3 Å². The van der Waals surface area contributed by atoms with Crippen LogP contribution in [0.5, 0.6) is 0 Å². The van der Waals surface area contributed by atoms with E-state index in [1.54, 1.807) is 24.3 Å². The zero-order chi connectivity index (χ0) is 16.6. The molecule has 2 amide bonds. The summed E-state index contributed by atoms with van der Waals surface area (Å²) in [6, 6.07) is 6.68. The molecule has 0 unspecified atom stereocenters. The van der Waals surface area contributed by atoms with Gasteiger partial charge in [0.25, 0.3) is 17.4 Å². The molecule has 0 spiro atoms. The predicted molar refractivity (Wildman–Crippen MR) is 84.9 cm³/mol. The minimum Gasteiger partial charge on any atom is -0.274 e. The second-order valence-corrected chi connectivity index (χ2v) is 5.78. The molecule has 1 aliphatic heterocycles. The number of aryl methyl sites for hydroxylation is 1. The van der Waals surface area contributed by atoms with E-state index < -0.39 is 5.56 Å². The first-order valence-electron chi connectivity index (χ1n) is 6.87. The number of fused-ring (bicyclic) bond motifs is 1. The fourth-order valence-electron chi connectivity index (χ4n) is 2.43. The zero-order valence-corrected chi connectivity index (χ0v) is 13.3. The molecule has 0 bridgehead atoms. The highest BCUT2D eigenvalue weighted by Crippen LogP contribution is 2.22. The van der Waals surface area contributed by atoms with E-state index in [1.165, 1.54) is 11.1 Å². The molecule has 6 nitrogen and oxygen atoms in total. The van der Waals surface area contributed by atoms with Crippen molar-refractivity contribution in [1.82, 2.24) is 14.7 Å². The summed E-state index contributed by atoms with van der Waals surface area (Å²) < 4.78 is 1.16. The highest BCUT2D eigenvalue weighted by atomic mass is 35.5. The Hall–Kier alpha value is -2.18. The van der Waals surface area contributed by atoms with Crippen molar-refractivity contribution >= 4 is 35.0 Å². The molecule has 0 saturated carbocycles. The van der Waals surface area contributed by atoms with Crippen LogP contribution in [0.25, 0.3) is 0 Å². The lowest BCUT2D eigenvalue weighted by Crippen LogP contribution is -2.32. The Kier molecular flexibility index (Phi) is 4.19. The summed E-state index contributed by atoms with van der Waals surface area (Å²) in [5.74, 6) is -0.639. The summed E-state index contributed by atoms with van der Waals surface area (Å²) in [7, 11) is 0. The average Bonchev–Trinajstić information content (AvgIpc) is 2.80. The third kappa shape index (κ3) is 2.75. The first kappa shape index (κ1) is 15.7. The van der Waals surface area contributed by atoms with Crippen molar-refractivity contribution in [3.05, 3.63) is 62.0 Å². The molecule has 0 atom stereocenters. The van der Waals surface area contributed by atoms with Crippen molar-refractivity contribution in [1.29, 1.82) is 0 Å². The van der Waals surface area contributed by atoms with Gasteiger partial charge in [0.2, 0.25) is 0 Å². The van der Waals surface area contributed by atoms with Gasteiger partial charge in [0.15, 0.2) is 0 Å². The Bertz CT molecular complexity index is 828. The summed E-state index contributed by atoms with van der Waals surface area (Å²) >= 11 is 11.5. The number of rotatable bonds is 4. The molecule has 3 rings (SSSR count). The van der Waals surface area contributed by atoms with Crippen LogP contribution in [0.4, 0.5) is 0 Å². The van der Waals surface area contributed by atoms with Crippen molar-refractivity contribution in [3.63, 3.8) is 0 Å². The van der Waals surface area contributed by atoms with E-state index in [0.29, 0.717) is 17.5 Å². The monoisotopic (exact) mass is 351 g/mol. The Labute approximate surface area is 141 Å². The molecule has 0 fully saturated rings. The number of carbonyl (C=O) groups is 2. The van der Waals surface area contributed by atoms with Crippen LogP contribution < -0.4 is 5.56 Å². The normalized spacial score (nSPS) is 13.6. The Morgan fingerprint density at radius 2 is 1.57 bits per heavy atom. The maximum Gasteiger partial charge on any atom is 0.287 e. The molecule has 2 heterocycles. The van der Waals surface area contributed by atoms with Crippen LogP contribution in [-0.4, -0.2) is 33.0 Å². The van der Waals surface area contributed by atoms with Gasteiger partial charge in [-0.05, 0) is 18.6 Å². The van der Waals surface area contributed by atoms with Crippen LogP contribution >= 0.6 is 23.2 Å². The van der Waals surface area contributed by atoms with Gasteiger partial charge < -0.3 is 0 Å². The number of hydrogen-bond donors (Lipinski definition) is 0. The molecule has 0 saturated heterocycles. The largest absolute Gasteiger partial charge is 0.287 e. The lowest BCUT2D eigenvalue weighted by atomic mass is 10.1. The fourth-order valence-corrected chi connectivity index (χ4v) is 2.70. The second kappa shape index (κ2) is 6.14. The van der Waals surface area contributed by atoms with Crippen molar-refractivity contribution < 1.29 is 9.59 Å². The van der Waals surface area contributed by atoms with Gasteiger partial charge in [0.05, 0.1) is 22.3 Å². The molecular weight excluding hydrogens is 341 g/mol. The molecule has 1 aliphatic rings. The van der Waals surface area contributed by atoms with Gasteiger partial charge in [-0.25, -0.2) is 4.68 Å². The van der Waals surface area contributed by atoms with Crippen LogP contribution in [0.1, 0.15) is 27.1 Å². The number of nitrogens with zero attached hydrogens (tertiary/aromatic N) is 3. The standard InChI is InChI=1S/C15H11Cl2N3O3/c16-11-8-18-20(15(23)12(11)17)7-3-6-19-13(21)9-4-1-2-5-10(9)14(19)22/h1-2,4-5,8H,3,6-7H2. The van der Waals surface area contributed by atoms with Gasteiger partial charge in [0.1, 0.15) is 5.02 Å². The maximum atomic E-state index is 12.2. The number of carbonyl (C=O) groups excluding carboxylic acids is 2. The van der Waals surface area contributed by atoms with Gasteiger partial charge in [0, 0.05) is 13.1 Å². The Morgan fingerprint density at radius 1 is 0.957 bits per heavy atom. The van der Waals surface area contributed by atoms with Crippen molar-refractivity contribution in [2.24, 2.45) is 0 Å². The zero-order valence-electron chi connectivity index (χ0n) is 11.8. The minimum absolute atomic E-state index is 0.0910. The highest BCUT2D eigenvalue weighted by molar-refractivity contribution is 6.41. The van der Waals surface area contributed by atoms with E-state index in [9.17, 15) is 14.4 Å². The molecule has 0 radical (unpaired) electrons. The number of halogens is 2. The molecule has 0 N–H and O–H groups in total. The van der Waals surface area contributed by atoms with E-state index in [-0.39, 0.29) is 34.9 Å². The molecule has 1 aromatic carbocycles. The molecule has 23 heavy (non-hydrogen) atoms. The Morgan fingerprint density at radius 3 is 2.17 bits per heavy atom. The summed E-state index contributed by atoms with van der Waals surface area (Å²) in [6.45, 7) is 0.420. The lowest BCUT2D eigenvalue weighted by molar-refractivity contribution is 0.0650. The number of imide groups is 1. The minimum atomic E-state index is -0.499. The van der Waals surface area contributed by atoms with Crippen LogP contribution in [0.15, 0.2) is 35.3 Å². The predicted octanol–water partition coefficient (Wildman–Crippen LogP) is 2.24. The SMILES string of the molecule is O=C1c2ccccc2C(=O)N1CCCn1ncc(Cl)c(Cl)c1=O. The van der Waals surface area contributed by atoms with Gasteiger partial charge in [-0.2, -0.15) is 5.10 Å². The van der Waals surface area contributed by atoms with Gasteiger partial charge in [-0.15, -0.1) is 0 Å². The fraction of sp³-hybridized carbons (Fsp3) is 0.200. The van der Waals surface area contributed by atoms with E-state index in [2.05, 4.69) is 5.10 Å². The molecule has 118 valence electrons. The van der Waals surface area contributed by atoms with Crippen molar-refractivity contribution in [2.75, 3.05) is 6.54 Å². The summed E-state index contributed by atoms with van der Waals surface area (Å²) in [5.41, 5.74) is 0.311. The van der Waals surface area contributed by atoms with Crippen LogP contribution in [0.2, 0.25) is 10.0 Å². The van der Waals surface area contributed by atoms with E-state index in [1.807, 2.05) is 0 Å². The molecular formula is C15H11Cl2N3O3. The summed E-state index contributed by atoms with van der Waals surface area (Å²) in [5, 5.41) is 3.88. The summed E-state index contributed by atoms with van der Waals surface area (Å²) in [4.78, 5) is 37.4. The smallest absolute Gasteiger partial charge is 0.274 e. The van der Waals surface area contributed by atoms with Gasteiger partial charge in [-0.3, -0.25) is 19.3 Å². The van der Waals surface area contributed by atoms with E-state index in [4.69, 9.17) is 23.2 Å². The molecule has 0 aliphatic carbocycles. The maximum absolute atomic E-state index is 12.2. The number of benzene rings is 1. The first-order valence-corrected chi connectivity index (χ1v) is 7.62. The van der Waals surface area contributed by atoms with Crippen LogP contribution in [0.3, 0.4) is 0 Å². The molecule has 1 aromatic heterocycles. The average molecular weight is 352 g/mol. The van der Waals surface area contributed by atoms with E-state index in [0.717, 1.165) is 4.68 Å². The first-order chi connectivity index (χ1) is 11.0. The van der Waals surface area contributed by atoms with Crippen molar-refractivity contribution in [3.8, 4) is 0 Å². The third-order valence-corrected chi connectivity index (χ3v) is 4.32. The number of hydrogen-bond acceptors (Lipinski definition) is 4. The van der Waals surface area contributed by atoms with Gasteiger partial charge >= 0.3 is 0 Å². The number of amides is 2. The quantitative estimate of drug-likeness (QED) is 0.791. The molecule has 8 heteroatoms. The summed E-state index contributed by atoms with van der Waals surface area (Å²) in [6.07, 6.45) is 1.67. The highest BCUT2D eigenvalue weighted by Gasteiger charge is 2.34. The van der Waals surface area contributed by atoms with Crippen LogP contribution in [-0.2, 0) is 6.54 Å². The van der Waals surface area contributed by atoms with E-state index >= 15 is 0 Å². The lowest BCUT2D eigenvalue weighted by Gasteiger charge is -2.13. The number of aromatic nitrogens is 2.